The monoisotopic (exact) mass is 252 g/mol. The van der Waals surface area contributed by atoms with Crippen molar-refractivity contribution in [1.82, 2.24) is 19.7 Å². The van der Waals surface area contributed by atoms with Crippen LogP contribution in [-0.2, 0) is 6.54 Å². The number of likely N-dealkylation sites (tertiary alicyclic amines) is 1. The van der Waals surface area contributed by atoms with E-state index in [2.05, 4.69) is 26.6 Å². The van der Waals surface area contributed by atoms with Gasteiger partial charge in [0, 0.05) is 19.0 Å². The fourth-order valence-corrected chi connectivity index (χ4v) is 2.98. The molecule has 1 N–H and O–H groups in total. The average molecular weight is 252 g/mol. The summed E-state index contributed by atoms with van der Waals surface area (Å²) in [6.07, 6.45) is 3.86. The molecule has 4 nitrogen and oxygen atoms in total. The molecule has 2 fully saturated rings. The molecule has 1 aromatic heterocycles. The molecule has 1 aliphatic carbocycles. The van der Waals surface area contributed by atoms with Gasteiger partial charge in [0.15, 0.2) is 4.77 Å². The zero-order chi connectivity index (χ0) is 11.8. The minimum Gasteiger partial charge on any atom is -0.304 e. The summed E-state index contributed by atoms with van der Waals surface area (Å²) in [6, 6.07) is 0. The van der Waals surface area contributed by atoms with Crippen molar-refractivity contribution in [3.63, 3.8) is 0 Å². The number of H-pyrrole nitrogens is 1. The lowest BCUT2D eigenvalue weighted by Gasteiger charge is -2.14. The first-order chi connectivity index (χ1) is 8.28. The molecule has 1 unspecified atom stereocenters. The molecule has 3 rings (SSSR count). The SMILES string of the molecule is CCN1CCC(Cn2c(C3CC3)n[nH]c2=S)C1. The van der Waals surface area contributed by atoms with Gasteiger partial charge in [-0.25, -0.2) is 0 Å². The van der Waals surface area contributed by atoms with Gasteiger partial charge in [0.2, 0.25) is 0 Å². The largest absolute Gasteiger partial charge is 0.304 e. The minimum atomic E-state index is 0.673. The number of hydrogen-bond donors (Lipinski definition) is 1. The number of rotatable bonds is 4. The van der Waals surface area contributed by atoms with Crippen molar-refractivity contribution >= 4 is 12.2 Å². The maximum Gasteiger partial charge on any atom is 0.195 e. The van der Waals surface area contributed by atoms with E-state index in [9.17, 15) is 0 Å². The molecule has 17 heavy (non-hydrogen) atoms. The third-order valence-electron chi connectivity index (χ3n) is 3.99. The van der Waals surface area contributed by atoms with Crippen LogP contribution >= 0.6 is 12.2 Å². The van der Waals surface area contributed by atoms with Gasteiger partial charge in [-0.15, -0.1) is 0 Å². The Morgan fingerprint density at radius 3 is 2.88 bits per heavy atom. The summed E-state index contributed by atoms with van der Waals surface area (Å²) >= 11 is 5.34. The van der Waals surface area contributed by atoms with Crippen LogP contribution < -0.4 is 0 Å². The molecule has 1 atom stereocenters. The van der Waals surface area contributed by atoms with Crippen molar-refractivity contribution in [2.24, 2.45) is 5.92 Å². The molecule has 5 heteroatoms. The van der Waals surface area contributed by atoms with Gasteiger partial charge in [0.25, 0.3) is 0 Å². The normalized spacial score (nSPS) is 25.6. The van der Waals surface area contributed by atoms with E-state index >= 15 is 0 Å². The van der Waals surface area contributed by atoms with Crippen molar-refractivity contribution in [1.29, 1.82) is 0 Å². The Morgan fingerprint density at radius 2 is 2.24 bits per heavy atom. The van der Waals surface area contributed by atoms with Gasteiger partial charge in [-0.3, -0.25) is 5.10 Å². The van der Waals surface area contributed by atoms with E-state index in [4.69, 9.17) is 12.2 Å². The Balaban J connectivity index is 1.72. The van der Waals surface area contributed by atoms with Gasteiger partial charge in [0.1, 0.15) is 5.82 Å². The first-order valence-corrected chi connectivity index (χ1v) is 7.06. The van der Waals surface area contributed by atoms with Crippen molar-refractivity contribution in [3.05, 3.63) is 10.6 Å². The maximum atomic E-state index is 5.34. The van der Waals surface area contributed by atoms with Crippen LogP contribution in [0.3, 0.4) is 0 Å². The highest BCUT2D eigenvalue weighted by atomic mass is 32.1. The molecule has 0 spiro atoms. The van der Waals surface area contributed by atoms with E-state index in [1.807, 2.05) is 0 Å². The highest BCUT2D eigenvalue weighted by Gasteiger charge is 2.30. The lowest BCUT2D eigenvalue weighted by Crippen LogP contribution is -2.21. The molecule has 1 aliphatic heterocycles. The number of nitrogens with zero attached hydrogens (tertiary/aromatic N) is 3. The predicted molar refractivity (Wildman–Crippen MR) is 69.6 cm³/mol. The molecular formula is C12H20N4S. The second-order valence-corrected chi connectivity index (χ2v) is 5.71. The number of aromatic nitrogens is 3. The van der Waals surface area contributed by atoms with Crippen molar-refractivity contribution in [2.75, 3.05) is 19.6 Å². The Labute approximate surface area is 107 Å². The third-order valence-corrected chi connectivity index (χ3v) is 4.30. The fourth-order valence-electron chi connectivity index (χ4n) is 2.77. The Bertz CT molecular complexity index is 446. The van der Waals surface area contributed by atoms with E-state index < -0.39 is 0 Å². The molecule has 0 bridgehead atoms. The molecule has 2 heterocycles. The summed E-state index contributed by atoms with van der Waals surface area (Å²) in [5, 5.41) is 7.35. The summed E-state index contributed by atoms with van der Waals surface area (Å²) in [7, 11) is 0. The van der Waals surface area contributed by atoms with Crippen molar-refractivity contribution < 1.29 is 0 Å². The van der Waals surface area contributed by atoms with Crippen LogP contribution in [-0.4, -0.2) is 39.3 Å². The Morgan fingerprint density at radius 1 is 1.41 bits per heavy atom. The van der Waals surface area contributed by atoms with Crippen LogP contribution in [0.25, 0.3) is 0 Å². The van der Waals surface area contributed by atoms with Crippen LogP contribution in [0.1, 0.15) is 37.9 Å². The van der Waals surface area contributed by atoms with Crippen LogP contribution in [0.5, 0.6) is 0 Å². The van der Waals surface area contributed by atoms with Crippen LogP contribution in [0, 0.1) is 10.7 Å². The molecular weight excluding hydrogens is 232 g/mol. The Hall–Kier alpha value is -0.680. The smallest absolute Gasteiger partial charge is 0.195 e. The number of aromatic amines is 1. The summed E-state index contributed by atoms with van der Waals surface area (Å²) in [6.45, 7) is 6.92. The topological polar surface area (TPSA) is 36.9 Å². The molecule has 1 aromatic rings. The van der Waals surface area contributed by atoms with E-state index in [0.29, 0.717) is 5.92 Å². The summed E-state index contributed by atoms with van der Waals surface area (Å²) < 4.78 is 3.05. The molecule has 94 valence electrons. The average Bonchev–Trinajstić information content (AvgIpc) is 2.97. The van der Waals surface area contributed by atoms with Crippen molar-refractivity contribution in [3.8, 4) is 0 Å². The predicted octanol–water partition coefficient (Wildman–Crippen LogP) is 2.16. The molecule has 0 amide bonds. The standard InChI is InChI=1S/C12H20N4S/c1-2-15-6-5-9(7-15)8-16-11(10-3-4-10)13-14-12(16)17/h9-10H,2-8H2,1H3,(H,14,17). The van der Waals surface area contributed by atoms with Crippen LogP contribution in [0.2, 0.25) is 0 Å². The Kier molecular flexibility index (Phi) is 3.04. The van der Waals surface area contributed by atoms with Gasteiger partial charge in [0.05, 0.1) is 0 Å². The van der Waals surface area contributed by atoms with Gasteiger partial charge in [-0.05, 0) is 50.5 Å². The first kappa shape index (κ1) is 11.4. The zero-order valence-electron chi connectivity index (χ0n) is 10.4. The minimum absolute atomic E-state index is 0.673. The van der Waals surface area contributed by atoms with E-state index in [0.717, 1.165) is 17.2 Å². The van der Waals surface area contributed by atoms with E-state index in [1.54, 1.807) is 0 Å². The second-order valence-electron chi connectivity index (χ2n) is 5.32. The summed E-state index contributed by atoms with van der Waals surface area (Å²) in [5.74, 6) is 2.62. The third kappa shape index (κ3) is 2.31. The molecule has 1 saturated carbocycles. The summed E-state index contributed by atoms with van der Waals surface area (Å²) in [4.78, 5) is 2.52. The molecule has 0 radical (unpaired) electrons. The van der Waals surface area contributed by atoms with E-state index in [1.165, 1.54) is 44.7 Å². The lowest BCUT2D eigenvalue weighted by atomic mass is 10.1. The van der Waals surface area contributed by atoms with E-state index in [-0.39, 0.29) is 0 Å². The maximum absolute atomic E-state index is 5.34. The zero-order valence-corrected chi connectivity index (χ0v) is 11.2. The number of hydrogen-bond acceptors (Lipinski definition) is 3. The van der Waals surface area contributed by atoms with Crippen LogP contribution in [0.15, 0.2) is 0 Å². The van der Waals surface area contributed by atoms with Gasteiger partial charge in [-0.2, -0.15) is 5.10 Å². The molecule has 0 aromatic carbocycles. The summed E-state index contributed by atoms with van der Waals surface area (Å²) in [5.41, 5.74) is 0. The van der Waals surface area contributed by atoms with Gasteiger partial charge >= 0.3 is 0 Å². The molecule has 1 saturated heterocycles. The number of nitrogens with one attached hydrogen (secondary N) is 1. The molecule has 2 aliphatic rings. The highest BCUT2D eigenvalue weighted by Crippen LogP contribution is 2.39. The quantitative estimate of drug-likeness (QED) is 0.834. The first-order valence-electron chi connectivity index (χ1n) is 6.65. The fraction of sp³-hybridized carbons (Fsp3) is 0.833. The van der Waals surface area contributed by atoms with Gasteiger partial charge in [-0.1, -0.05) is 6.92 Å². The van der Waals surface area contributed by atoms with Crippen LogP contribution in [0.4, 0.5) is 0 Å². The van der Waals surface area contributed by atoms with Gasteiger partial charge < -0.3 is 9.47 Å². The lowest BCUT2D eigenvalue weighted by molar-refractivity contribution is 0.331. The van der Waals surface area contributed by atoms with Crippen molar-refractivity contribution in [2.45, 2.75) is 38.6 Å². The second kappa shape index (κ2) is 4.53. The highest BCUT2D eigenvalue weighted by molar-refractivity contribution is 7.71.